The SMILES string of the molecule is CNS(=O)(=O)CCOc1ccc(N)cc1. The van der Waals surface area contributed by atoms with Gasteiger partial charge in [0.05, 0.1) is 5.75 Å². The molecular formula is C9H14N2O3S. The largest absolute Gasteiger partial charge is 0.492 e. The fourth-order valence-electron chi connectivity index (χ4n) is 0.935. The molecule has 6 heteroatoms. The average molecular weight is 230 g/mol. The molecule has 1 rings (SSSR count). The molecule has 0 bridgehead atoms. The van der Waals surface area contributed by atoms with Gasteiger partial charge in [0.15, 0.2) is 0 Å². The van der Waals surface area contributed by atoms with E-state index < -0.39 is 10.0 Å². The lowest BCUT2D eigenvalue weighted by Gasteiger charge is -2.06. The molecule has 0 aliphatic rings. The summed E-state index contributed by atoms with van der Waals surface area (Å²) in [7, 11) is -1.82. The van der Waals surface area contributed by atoms with Crippen molar-refractivity contribution in [2.45, 2.75) is 0 Å². The molecule has 0 heterocycles. The number of hydrogen-bond acceptors (Lipinski definition) is 4. The summed E-state index contributed by atoms with van der Waals surface area (Å²) in [6, 6.07) is 6.78. The van der Waals surface area contributed by atoms with Gasteiger partial charge in [-0.15, -0.1) is 0 Å². The van der Waals surface area contributed by atoms with E-state index in [9.17, 15) is 8.42 Å². The zero-order valence-electron chi connectivity index (χ0n) is 8.43. The summed E-state index contributed by atoms with van der Waals surface area (Å²) in [5.41, 5.74) is 6.13. The maximum Gasteiger partial charge on any atom is 0.214 e. The van der Waals surface area contributed by atoms with Crippen LogP contribution in [-0.4, -0.2) is 27.8 Å². The van der Waals surface area contributed by atoms with Crippen LogP contribution in [0.2, 0.25) is 0 Å². The van der Waals surface area contributed by atoms with E-state index in [1.807, 2.05) is 0 Å². The molecule has 0 fully saturated rings. The van der Waals surface area contributed by atoms with E-state index in [0.29, 0.717) is 11.4 Å². The Morgan fingerprint density at radius 2 is 1.93 bits per heavy atom. The summed E-state index contributed by atoms with van der Waals surface area (Å²) < 4.78 is 29.5. The van der Waals surface area contributed by atoms with E-state index >= 15 is 0 Å². The van der Waals surface area contributed by atoms with Gasteiger partial charge < -0.3 is 10.5 Å². The summed E-state index contributed by atoms with van der Waals surface area (Å²) in [5, 5.41) is 0. The van der Waals surface area contributed by atoms with Crippen molar-refractivity contribution in [3.63, 3.8) is 0 Å². The van der Waals surface area contributed by atoms with Crippen molar-refractivity contribution in [3.8, 4) is 5.75 Å². The van der Waals surface area contributed by atoms with E-state index in [1.54, 1.807) is 24.3 Å². The molecule has 5 nitrogen and oxygen atoms in total. The molecule has 3 N–H and O–H groups in total. The van der Waals surface area contributed by atoms with Gasteiger partial charge in [0.1, 0.15) is 12.4 Å². The molecule has 0 radical (unpaired) electrons. The second-order valence-corrected chi connectivity index (χ2v) is 4.99. The topological polar surface area (TPSA) is 81.4 Å². The Hall–Kier alpha value is -1.27. The van der Waals surface area contributed by atoms with Gasteiger partial charge in [0.25, 0.3) is 0 Å². The van der Waals surface area contributed by atoms with Gasteiger partial charge in [-0.1, -0.05) is 0 Å². The molecular weight excluding hydrogens is 216 g/mol. The van der Waals surface area contributed by atoms with Crippen LogP contribution < -0.4 is 15.2 Å². The summed E-state index contributed by atoms with van der Waals surface area (Å²) in [6.45, 7) is 0.118. The molecule has 0 saturated heterocycles. The minimum absolute atomic E-state index is 0.0616. The van der Waals surface area contributed by atoms with Gasteiger partial charge in [-0.2, -0.15) is 0 Å². The van der Waals surface area contributed by atoms with Gasteiger partial charge in [-0.25, -0.2) is 13.1 Å². The van der Waals surface area contributed by atoms with E-state index in [-0.39, 0.29) is 12.4 Å². The summed E-state index contributed by atoms with van der Waals surface area (Å²) in [5.74, 6) is 0.545. The van der Waals surface area contributed by atoms with Gasteiger partial charge in [-0.3, -0.25) is 0 Å². The van der Waals surface area contributed by atoms with Gasteiger partial charge in [0.2, 0.25) is 10.0 Å². The molecule has 0 amide bonds. The molecule has 1 aromatic carbocycles. The lowest BCUT2D eigenvalue weighted by molar-refractivity contribution is 0.340. The maximum atomic E-state index is 11.0. The molecule has 0 spiro atoms. The molecule has 0 saturated carbocycles. The number of sulfonamides is 1. The molecule has 0 aliphatic carbocycles. The normalized spacial score (nSPS) is 11.3. The fraction of sp³-hybridized carbons (Fsp3) is 0.333. The summed E-state index contributed by atoms with van der Waals surface area (Å²) in [6.07, 6.45) is 0. The number of nitrogens with two attached hydrogens (primary N) is 1. The van der Waals surface area contributed by atoms with E-state index in [2.05, 4.69) is 4.72 Å². The van der Waals surface area contributed by atoms with Crippen molar-refractivity contribution < 1.29 is 13.2 Å². The van der Waals surface area contributed by atoms with Crippen molar-refractivity contribution in [1.82, 2.24) is 4.72 Å². The monoisotopic (exact) mass is 230 g/mol. The highest BCUT2D eigenvalue weighted by Crippen LogP contribution is 2.12. The van der Waals surface area contributed by atoms with Gasteiger partial charge in [0, 0.05) is 5.69 Å². The van der Waals surface area contributed by atoms with Crippen LogP contribution in [0.25, 0.3) is 0 Å². The Kier molecular flexibility index (Phi) is 3.93. The van der Waals surface area contributed by atoms with Gasteiger partial charge >= 0.3 is 0 Å². The Morgan fingerprint density at radius 3 is 2.47 bits per heavy atom. The Bertz CT molecular complexity index is 400. The fourth-order valence-corrected chi connectivity index (χ4v) is 1.44. The quantitative estimate of drug-likeness (QED) is 0.708. The smallest absolute Gasteiger partial charge is 0.214 e. The number of anilines is 1. The zero-order valence-corrected chi connectivity index (χ0v) is 9.25. The highest BCUT2D eigenvalue weighted by Gasteiger charge is 2.06. The molecule has 15 heavy (non-hydrogen) atoms. The molecule has 84 valence electrons. The molecule has 0 atom stereocenters. The van der Waals surface area contributed by atoms with Crippen molar-refractivity contribution in [2.75, 3.05) is 25.1 Å². The Balaban J connectivity index is 2.42. The van der Waals surface area contributed by atoms with Gasteiger partial charge in [-0.05, 0) is 31.3 Å². The number of hydrogen-bond donors (Lipinski definition) is 2. The van der Waals surface area contributed by atoms with Crippen LogP contribution in [0.3, 0.4) is 0 Å². The second kappa shape index (κ2) is 4.99. The van der Waals surface area contributed by atoms with E-state index in [1.165, 1.54) is 7.05 Å². The van der Waals surface area contributed by atoms with Crippen LogP contribution in [0.5, 0.6) is 5.75 Å². The lowest BCUT2D eigenvalue weighted by atomic mass is 10.3. The summed E-state index contributed by atoms with van der Waals surface area (Å²) in [4.78, 5) is 0. The zero-order chi connectivity index (χ0) is 11.3. The number of ether oxygens (including phenoxy) is 1. The van der Waals surface area contributed by atoms with Crippen LogP contribution in [0.1, 0.15) is 0 Å². The predicted molar refractivity (Wildman–Crippen MR) is 59.2 cm³/mol. The molecule has 0 unspecified atom stereocenters. The minimum atomic E-state index is -3.20. The van der Waals surface area contributed by atoms with Crippen molar-refractivity contribution in [1.29, 1.82) is 0 Å². The predicted octanol–water partition coefficient (Wildman–Crippen LogP) is 0.197. The molecule has 0 aliphatic heterocycles. The Morgan fingerprint density at radius 1 is 1.33 bits per heavy atom. The van der Waals surface area contributed by atoms with Crippen LogP contribution in [0, 0.1) is 0 Å². The third-order valence-corrected chi connectivity index (χ3v) is 3.14. The third kappa shape index (κ3) is 4.18. The average Bonchev–Trinajstić information content (AvgIpc) is 2.21. The van der Waals surface area contributed by atoms with Crippen LogP contribution >= 0.6 is 0 Å². The third-order valence-electron chi connectivity index (χ3n) is 1.81. The number of rotatable bonds is 5. The van der Waals surface area contributed by atoms with Crippen LogP contribution in [0.4, 0.5) is 5.69 Å². The van der Waals surface area contributed by atoms with Crippen molar-refractivity contribution in [3.05, 3.63) is 24.3 Å². The first-order chi connectivity index (χ1) is 7.03. The van der Waals surface area contributed by atoms with Crippen molar-refractivity contribution in [2.24, 2.45) is 0 Å². The van der Waals surface area contributed by atoms with Crippen LogP contribution in [-0.2, 0) is 10.0 Å². The van der Waals surface area contributed by atoms with E-state index in [0.717, 1.165) is 0 Å². The molecule has 1 aromatic rings. The summed E-state index contributed by atoms with van der Waals surface area (Å²) >= 11 is 0. The second-order valence-electron chi connectivity index (χ2n) is 2.94. The lowest BCUT2D eigenvalue weighted by Crippen LogP contribution is -2.25. The number of nitrogen functional groups attached to an aromatic ring is 1. The first kappa shape index (κ1) is 11.8. The maximum absolute atomic E-state index is 11.0. The van der Waals surface area contributed by atoms with Crippen LogP contribution in [0.15, 0.2) is 24.3 Å². The molecule has 0 aromatic heterocycles. The van der Waals surface area contributed by atoms with E-state index in [4.69, 9.17) is 10.5 Å². The Labute approximate surface area is 89.3 Å². The first-order valence-corrected chi connectivity index (χ1v) is 6.08. The number of nitrogens with one attached hydrogen (secondary N) is 1. The first-order valence-electron chi connectivity index (χ1n) is 4.43. The highest BCUT2D eigenvalue weighted by atomic mass is 32.2. The number of benzene rings is 1. The minimum Gasteiger partial charge on any atom is -0.492 e. The standard InChI is InChI=1S/C9H14N2O3S/c1-11-15(12,13)7-6-14-9-4-2-8(10)3-5-9/h2-5,11H,6-7,10H2,1H3. The van der Waals surface area contributed by atoms with Crippen molar-refractivity contribution >= 4 is 15.7 Å². The highest BCUT2D eigenvalue weighted by molar-refractivity contribution is 7.89.